The molecule has 8 nitrogen and oxygen atoms in total. The molecule has 0 fully saturated rings. The number of hydrogen-bond acceptors (Lipinski definition) is 7. The second-order valence-electron chi connectivity index (χ2n) is 6.53. The third kappa shape index (κ3) is 5.33. The number of benzene rings is 3. The van der Waals surface area contributed by atoms with Gasteiger partial charge in [-0.05, 0) is 42.0 Å². The Kier molecular flexibility index (Phi) is 6.76. The van der Waals surface area contributed by atoms with Gasteiger partial charge >= 0.3 is 17.9 Å². The number of aliphatic hydroxyl groups is 1. The van der Waals surface area contributed by atoms with E-state index in [1.54, 1.807) is 48.5 Å². The number of nitrogens with two attached hydrogens (primary N) is 1. The fourth-order valence-corrected chi connectivity index (χ4v) is 2.68. The summed E-state index contributed by atoms with van der Waals surface area (Å²) in [7, 11) is 0. The van der Waals surface area contributed by atoms with Gasteiger partial charge in [-0.15, -0.1) is 0 Å². The fraction of sp³-hybridized carbons (Fsp3) is 0.0870. The number of carboxylic acids is 1. The van der Waals surface area contributed by atoms with Crippen molar-refractivity contribution >= 4 is 17.9 Å². The van der Waals surface area contributed by atoms with Crippen molar-refractivity contribution in [1.82, 2.24) is 0 Å². The Morgan fingerprint density at radius 2 is 1.23 bits per heavy atom. The molecule has 0 heterocycles. The molecule has 0 saturated heterocycles. The Hall–Kier alpha value is -4.01. The molecule has 8 heteroatoms. The van der Waals surface area contributed by atoms with Crippen LogP contribution in [0.15, 0.2) is 78.9 Å². The van der Waals surface area contributed by atoms with Crippen molar-refractivity contribution in [3.63, 3.8) is 0 Å². The number of rotatable bonds is 7. The maximum atomic E-state index is 12.5. The normalized spacial score (nSPS) is 12.5. The highest BCUT2D eigenvalue weighted by atomic mass is 16.6. The van der Waals surface area contributed by atoms with Crippen LogP contribution in [0.2, 0.25) is 0 Å². The highest BCUT2D eigenvalue weighted by Gasteiger charge is 2.26. The number of hydrogen-bond donors (Lipinski definition) is 3. The summed E-state index contributed by atoms with van der Waals surface area (Å²) in [5.74, 6) is -3.08. The van der Waals surface area contributed by atoms with Crippen LogP contribution in [-0.2, 0) is 4.79 Å². The summed E-state index contributed by atoms with van der Waals surface area (Å²) in [5.41, 5.74) is 6.08. The SMILES string of the molecule is N[C@@H](C(=O)O)C(O)c1ccc(OC(=O)c2ccccc2)c(OC(=O)c2ccccc2)c1. The van der Waals surface area contributed by atoms with Crippen LogP contribution in [-0.4, -0.2) is 34.2 Å². The van der Waals surface area contributed by atoms with E-state index in [2.05, 4.69) is 0 Å². The van der Waals surface area contributed by atoms with Crippen molar-refractivity contribution in [3.8, 4) is 11.5 Å². The van der Waals surface area contributed by atoms with Gasteiger partial charge in [0.05, 0.1) is 11.1 Å². The van der Waals surface area contributed by atoms with Gasteiger partial charge in [-0.3, -0.25) is 4.79 Å². The molecule has 0 aliphatic heterocycles. The predicted molar refractivity (Wildman–Crippen MR) is 110 cm³/mol. The van der Waals surface area contributed by atoms with E-state index >= 15 is 0 Å². The Morgan fingerprint density at radius 3 is 1.71 bits per heavy atom. The number of carbonyl (C=O) groups excluding carboxylic acids is 2. The largest absolute Gasteiger partial charge is 0.480 e. The molecule has 3 aromatic carbocycles. The number of carboxylic acid groups (broad SMARTS) is 1. The average molecular weight is 421 g/mol. The zero-order chi connectivity index (χ0) is 22.4. The molecule has 3 rings (SSSR count). The van der Waals surface area contributed by atoms with Crippen LogP contribution in [0.1, 0.15) is 32.4 Å². The van der Waals surface area contributed by atoms with E-state index in [-0.39, 0.29) is 28.2 Å². The number of ether oxygens (including phenoxy) is 2. The van der Waals surface area contributed by atoms with Crippen molar-refractivity contribution in [2.45, 2.75) is 12.1 Å². The molecule has 0 saturated carbocycles. The van der Waals surface area contributed by atoms with Crippen molar-refractivity contribution < 1.29 is 34.1 Å². The average Bonchev–Trinajstić information content (AvgIpc) is 2.80. The van der Waals surface area contributed by atoms with Crippen molar-refractivity contribution in [2.24, 2.45) is 5.73 Å². The lowest BCUT2D eigenvalue weighted by Crippen LogP contribution is -2.36. The number of esters is 2. The standard InChI is InChI=1S/C23H19NO7/c24-19(21(26)27)20(25)16-11-12-17(30-22(28)14-7-3-1-4-8-14)18(13-16)31-23(29)15-9-5-2-6-10-15/h1-13,19-20,25H,24H2,(H,26,27)/t19-,20?/m1/s1. The molecule has 31 heavy (non-hydrogen) atoms. The van der Waals surface area contributed by atoms with Crippen LogP contribution in [0.25, 0.3) is 0 Å². The van der Waals surface area contributed by atoms with Crippen molar-refractivity contribution in [2.75, 3.05) is 0 Å². The zero-order valence-electron chi connectivity index (χ0n) is 16.2. The van der Waals surface area contributed by atoms with E-state index < -0.39 is 30.1 Å². The highest BCUT2D eigenvalue weighted by Crippen LogP contribution is 2.32. The minimum atomic E-state index is -1.60. The van der Waals surface area contributed by atoms with Gasteiger partial charge in [0.1, 0.15) is 12.1 Å². The molecule has 0 bridgehead atoms. The lowest BCUT2D eigenvalue weighted by atomic mass is 10.0. The van der Waals surface area contributed by atoms with E-state index in [0.29, 0.717) is 0 Å². The molecule has 0 spiro atoms. The maximum Gasteiger partial charge on any atom is 0.343 e. The van der Waals surface area contributed by atoms with Crippen LogP contribution < -0.4 is 15.2 Å². The Balaban J connectivity index is 1.94. The van der Waals surface area contributed by atoms with E-state index in [1.807, 2.05) is 0 Å². The number of carbonyl (C=O) groups is 3. The van der Waals surface area contributed by atoms with Crippen molar-refractivity contribution in [1.29, 1.82) is 0 Å². The van der Waals surface area contributed by atoms with E-state index in [4.69, 9.17) is 20.3 Å². The van der Waals surface area contributed by atoms with Gasteiger partial charge in [-0.2, -0.15) is 0 Å². The molecular formula is C23H19NO7. The molecule has 2 atom stereocenters. The summed E-state index contributed by atoms with van der Waals surface area (Å²) < 4.78 is 10.7. The minimum absolute atomic E-state index is 0.0743. The van der Waals surface area contributed by atoms with Crippen LogP contribution in [0.3, 0.4) is 0 Å². The van der Waals surface area contributed by atoms with Crippen LogP contribution in [0.5, 0.6) is 11.5 Å². The summed E-state index contributed by atoms with van der Waals surface area (Å²) in [6.45, 7) is 0. The quantitative estimate of drug-likeness (QED) is 0.391. The fourth-order valence-electron chi connectivity index (χ4n) is 2.68. The zero-order valence-corrected chi connectivity index (χ0v) is 16.2. The third-order valence-electron chi connectivity index (χ3n) is 4.36. The van der Waals surface area contributed by atoms with Gasteiger partial charge in [-0.25, -0.2) is 9.59 Å². The topological polar surface area (TPSA) is 136 Å². The molecule has 0 aromatic heterocycles. The molecule has 3 aromatic rings. The number of aliphatic carboxylic acids is 1. The summed E-state index contributed by atoms with van der Waals surface area (Å²) in [6.07, 6.45) is -1.58. The lowest BCUT2D eigenvalue weighted by Gasteiger charge is -2.17. The Labute approximate surface area is 177 Å². The van der Waals surface area contributed by atoms with Crippen LogP contribution in [0.4, 0.5) is 0 Å². The Morgan fingerprint density at radius 1 is 0.742 bits per heavy atom. The van der Waals surface area contributed by atoms with Gasteiger partial charge in [-0.1, -0.05) is 42.5 Å². The molecule has 0 radical (unpaired) electrons. The van der Waals surface area contributed by atoms with Gasteiger partial charge < -0.3 is 25.4 Å². The smallest absolute Gasteiger partial charge is 0.343 e. The molecule has 4 N–H and O–H groups in total. The summed E-state index contributed by atoms with van der Waals surface area (Å²) in [5, 5.41) is 19.3. The van der Waals surface area contributed by atoms with Crippen LogP contribution in [0, 0.1) is 0 Å². The summed E-state index contributed by atoms with van der Waals surface area (Å²) >= 11 is 0. The first kappa shape index (κ1) is 21.7. The molecular weight excluding hydrogens is 402 g/mol. The lowest BCUT2D eigenvalue weighted by molar-refractivity contribution is -0.141. The Bertz CT molecular complexity index is 1080. The van der Waals surface area contributed by atoms with Gasteiger partial charge in [0.2, 0.25) is 0 Å². The molecule has 0 aliphatic rings. The van der Waals surface area contributed by atoms with Gasteiger partial charge in [0, 0.05) is 0 Å². The summed E-state index contributed by atoms with van der Waals surface area (Å²) in [6, 6.07) is 18.5. The first-order chi connectivity index (χ1) is 14.9. The van der Waals surface area contributed by atoms with Gasteiger partial charge in [0.25, 0.3) is 0 Å². The minimum Gasteiger partial charge on any atom is -0.480 e. The molecule has 158 valence electrons. The van der Waals surface area contributed by atoms with Crippen LogP contribution >= 0.6 is 0 Å². The first-order valence-corrected chi connectivity index (χ1v) is 9.21. The predicted octanol–water partition coefficient (Wildman–Crippen LogP) is 2.57. The second kappa shape index (κ2) is 9.66. The maximum absolute atomic E-state index is 12.5. The first-order valence-electron chi connectivity index (χ1n) is 9.21. The van der Waals surface area contributed by atoms with E-state index in [1.165, 1.54) is 30.3 Å². The molecule has 0 amide bonds. The molecule has 1 unspecified atom stereocenters. The monoisotopic (exact) mass is 421 g/mol. The third-order valence-corrected chi connectivity index (χ3v) is 4.36. The highest BCUT2D eigenvalue weighted by molar-refractivity contribution is 5.93. The van der Waals surface area contributed by atoms with Crippen molar-refractivity contribution in [3.05, 3.63) is 95.6 Å². The number of aliphatic hydroxyl groups excluding tert-OH is 1. The van der Waals surface area contributed by atoms with E-state index in [9.17, 15) is 19.5 Å². The second-order valence-corrected chi connectivity index (χ2v) is 6.53. The summed E-state index contributed by atoms with van der Waals surface area (Å²) in [4.78, 5) is 36.0. The molecule has 0 aliphatic carbocycles. The van der Waals surface area contributed by atoms with Gasteiger partial charge in [0.15, 0.2) is 11.5 Å². The van der Waals surface area contributed by atoms with E-state index in [0.717, 1.165) is 0 Å².